The zero-order valence-electron chi connectivity index (χ0n) is 12.6. The van der Waals surface area contributed by atoms with Crippen LogP contribution in [0.15, 0.2) is 24.3 Å². The highest BCUT2D eigenvalue weighted by Crippen LogP contribution is 2.32. The maximum Gasteiger partial charge on any atom is 0.222 e. The van der Waals surface area contributed by atoms with E-state index in [9.17, 15) is 14.7 Å². The van der Waals surface area contributed by atoms with Crippen molar-refractivity contribution < 1.29 is 14.7 Å². The van der Waals surface area contributed by atoms with Crippen LogP contribution in [0, 0.1) is 0 Å². The monoisotopic (exact) mass is 324 g/mol. The van der Waals surface area contributed by atoms with Gasteiger partial charge in [-0.05, 0) is 30.5 Å². The zero-order valence-corrected chi connectivity index (χ0v) is 13.4. The van der Waals surface area contributed by atoms with Gasteiger partial charge >= 0.3 is 0 Å². The van der Waals surface area contributed by atoms with Crippen molar-refractivity contribution in [2.75, 3.05) is 13.2 Å². The lowest BCUT2D eigenvalue weighted by molar-refractivity contribution is -0.137. The number of halogens is 1. The van der Waals surface area contributed by atoms with Gasteiger partial charge in [0.05, 0.1) is 18.6 Å². The number of amides is 2. The SMILES string of the molecule is CC(=O)N1CCC[C@@]1(CO)CC(=O)NCc1cccc(Cl)c1. The Balaban J connectivity index is 1.96. The summed E-state index contributed by atoms with van der Waals surface area (Å²) in [7, 11) is 0. The Hall–Kier alpha value is -1.59. The first-order valence-electron chi connectivity index (χ1n) is 7.37. The Morgan fingerprint density at radius 2 is 2.23 bits per heavy atom. The minimum atomic E-state index is -0.760. The van der Waals surface area contributed by atoms with Crippen molar-refractivity contribution >= 4 is 23.4 Å². The molecule has 2 amide bonds. The van der Waals surface area contributed by atoms with Gasteiger partial charge in [0.25, 0.3) is 0 Å². The van der Waals surface area contributed by atoms with Gasteiger partial charge in [-0.15, -0.1) is 0 Å². The maximum absolute atomic E-state index is 12.2. The largest absolute Gasteiger partial charge is 0.394 e. The molecule has 2 rings (SSSR count). The van der Waals surface area contributed by atoms with E-state index in [2.05, 4.69) is 5.32 Å². The van der Waals surface area contributed by atoms with Crippen LogP contribution in [0.2, 0.25) is 5.02 Å². The number of hydrogen-bond acceptors (Lipinski definition) is 3. The third kappa shape index (κ3) is 3.78. The first-order chi connectivity index (χ1) is 10.5. The highest BCUT2D eigenvalue weighted by Gasteiger charge is 2.43. The van der Waals surface area contributed by atoms with Gasteiger partial charge in [0, 0.05) is 25.0 Å². The molecule has 1 aliphatic rings. The summed E-state index contributed by atoms with van der Waals surface area (Å²) in [5.74, 6) is -0.281. The van der Waals surface area contributed by atoms with Crippen LogP contribution in [0.4, 0.5) is 0 Å². The van der Waals surface area contributed by atoms with Crippen LogP contribution in [0.1, 0.15) is 31.7 Å². The first-order valence-corrected chi connectivity index (χ1v) is 7.75. The molecule has 0 aliphatic carbocycles. The highest BCUT2D eigenvalue weighted by molar-refractivity contribution is 6.30. The third-order valence-electron chi connectivity index (χ3n) is 4.14. The summed E-state index contributed by atoms with van der Waals surface area (Å²) in [4.78, 5) is 25.5. The summed E-state index contributed by atoms with van der Waals surface area (Å²) in [6, 6.07) is 7.27. The fourth-order valence-electron chi connectivity index (χ4n) is 3.04. The number of aliphatic hydroxyl groups is 1. The van der Waals surface area contributed by atoms with Crippen molar-refractivity contribution in [3.63, 3.8) is 0 Å². The van der Waals surface area contributed by atoms with Gasteiger partial charge in [-0.2, -0.15) is 0 Å². The standard InChI is InChI=1S/C16H21ClN2O3/c1-12(21)19-7-3-6-16(19,11-20)9-15(22)18-10-13-4-2-5-14(17)8-13/h2,4-5,8,20H,3,6-7,9-11H2,1H3,(H,18,22)/t16-/m0/s1. The lowest BCUT2D eigenvalue weighted by Crippen LogP contribution is -2.51. The van der Waals surface area contributed by atoms with Crippen molar-refractivity contribution in [2.24, 2.45) is 0 Å². The fraction of sp³-hybridized carbons (Fsp3) is 0.500. The lowest BCUT2D eigenvalue weighted by atomic mass is 9.92. The second-order valence-electron chi connectivity index (χ2n) is 5.74. The molecule has 0 spiro atoms. The van der Waals surface area contributed by atoms with Crippen LogP contribution in [0.3, 0.4) is 0 Å². The van der Waals surface area contributed by atoms with Gasteiger partial charge in [-0.3, -0.25) is 9.59 Å². The quantitative estimate of drug-likeness (QED) is 0.866. The van der Waals surface area contributed by atoms with Crippen molar-refractivity contribution in [3.8, 4) is 0 Å². The van der Waals surface area contributed by atoms with Crippen LogP contribution in [0.25, 0.3) is 0 Å². The molecule has 120 valence electrons. The van der Waals surface area contributed by atoms with Crippen LogP contribution in [-0.2, 0) is 16.1 Å². The number of rotatable bonds is 5. The van der Waals surface area contributed by atoms with Gasteiger partial charge in [0.2, 0.25) is 11.8 Å². The topological polar surface area (TPSA) is 69.6 Å². The average Bonchev–Trinajstić information content (AvgIpc) is 2.89. The Bertz CT molecular complexity index is 564. The summed E-state index contributed by atoms with van der Waals surface area (Å²) in [5.41, 5.74) is 0.151. The number of likely N-dealkylation sites (tertiary alicyclic amines) is 1. The smallest absolute Gasteiger partial charge is 0.222 e. The minimum Gasteiger partial charge on any atom is -0.394 e. The predicted octanol–water partition coefficient (Wildman–Crippen LogP) is 1.72. The molecule has 1 aromatic carbocycles. The predicted molar refractivity (Wildman–Crippen MR) is 84.4 cm³/mol. The van der Waals surface area contributed by atoms with Gasteiger partial charge in [0.15, 0.2) is 0 Å². The van der Waals surface area contributed by atoms with Crippen molar-refractivity contribution in [2.45, 2.75) is 38.3 Å². The molecule has 22 heavy (non-hydrogen) atoms. The lowest BCUT2D eigenvalue weighted by Gasteiger charge is -2.36. The summed E-state index contributed by atoms with van der Waals surface area (Å²) in [5, 5.41) is 13.2. The van der Waals surface area contributed by atoms with E-state index >= 15 is 0 Å². The van der Waals surface area contributed by atoms with E-state index < -0.39 is 5.54 Å². The summed E-state index contributed by atoms with van der Waals surface area (Å²) >= 11 is 5.91. The Morgan fingerprint density at radius 1 is 1.45 bits per heavy atom. The molecular weight excluding hydrogens is 304 g/mol. The number of benzene rings is 1. The molecule has 1 saturated heterocycles. The Kier molecular flexibility index (Phi) is 5.42. The number of aliphatic hydroxyl groups excluding tert-OH is 1. The molecule has 2 N–H and O–H groups in total. The molecule has 0 unspecified atom stereocenters. The molecule has 0 bridgehead atoms. The van der Waals surface area contributed by atoms with Gasteiger partial charge in [-0.25, -0.2) is 0 Å². The van der Waals surface area contributed by atoms with Gasteiger partial charge in [-0.1, -0.05) is 23.7 Å². The van der Waals surface area contributed by atoms with Gasteiger partial charge < -0.3 is 15.3 Å². The molecule has 0 saturated carbocycles. The van der Waals surface area contributed by atoms with Crippen molar-refractivity contribution in [1.82, 2.24) is 10.2 Å². The van der Waals surface area contributed by atoms with E-state index in [1.807, 2.05) is 12.1 Å². The zero-order chi connectivity index (χ0) is 16.2. The first kappa shape index (κ1) is 16.8. The number of carbonyl (C=O) groups excluding carboxylic acids is 2. The second-order valence-corrected chi connectivity index (χ2v) is 6.18. The van der Waals surface area contributed by atoms with E-state index in [4.69, 9.17) is 11.6 Å². The Labute approximate surface area is 135 Å². The molecule has 0 radical (unpaired) electrons. The van der Waals surface area contributed by atoms with Crippen molar-refractivity contribution in [1.29, 1.82) is 0 Å². The minimum absolute atomic E-state index is 0.103. The molecule has 0 aromatic heterocycles. The van der Waals surface area contributed by atoms with E-state index in [1.54, 1.807) is 17.0 Å². The van der Waals surface area contributed by atoms with E-state index in [0.717, 1.165) is 12.0 Å². The molecule has 5 nitrogen and oxygen atoms in total. The number of nitrogens with zero attached hydrogens (tertiary/aromatic N) is 1. The second kappa shape index (κ2) is 7.11. The van der Waals surface area contributed by atoms with Crippen LogP contribution in [-0.4, -0.2) is 40.5 Å². The average molecular weight is 325 g/mol. The molecule has 1 fully saturated rings. The molecule has 1 aromatic rings. The number of nitrogens with one attached hydrogen (secondary N) is 1. The summed E-state index contributed by atoms with van der Waals surface area (Å²) in [6.45, 7) is 2.25. The molecule has 6 heteroatoms. The highest BCUT2D eigenvalue weighted by atomic mass is 35.5. The van der Waals surface area contributed by atoms with Crippen LogP contribution in [0.5, 0.6) is 0 Å². The summed E-state index contributed by atoms with van der Waals surface area (Å²) in [6.07, 6.45) is 1.57. The molecule has 1 aliphatic heterocycles. The number of carbonyl (C=O) groups is 2. The van der Waals surface area contributed by atoms with Crippen LogP contribution >= 0.6 is 11.6 Å². The van der Waals surface area contributed by atoms with E-state index in [-0.39, 0.29) is 24.8 Å². The summed E-state index contributed by atoms with van der Waals surface area (Å²) < 4.78 is 0. The molecular formula is C16H21ClN2O3. The Morgan fingerprint density at radius 3 is 2.86 bits per heavy atom. The van der Waals surface area contributed by atoms with Gasteiger partial charge in [0.1, 0.15) is 0 Å². The normalized spacial score (nSPS) is 21.0. The fourth-order valence-corrected chi connectivity index (χ4v) is 3.26. The molecule has 1 atom stereocenters. The molecule has 1 heterocycles. The van der Waals surface area contributed by atoms with Crippen molar-refractivity contribution in [3.05, 3.63) is 34.9 Å². The maximum atomic E-state index is 12.2. The van der Waals surface area contributed by atoms with E-state index in [1.165, 1.54) is 6.92 Å². The van der Waals surface area contributed by atoms with E-state index in [0.29, 0.717) is 24.5 Å². The van der Waals surface area contributed by atoms with Crippen LogP contribution < -0.4 is 5.32 Å². The third-order valence-corrected chi connectivity index (χ3v) is 4.37. The number of hydrogen-bond donors (Lipinski definition) is 2.